The quantitative estimate of drug-likeness (QED) is 0.537. The van der Waals surface area contributed by atoms with Crippen molar-refractivity contribution in [1.82, 2.24) is 4.90 Å². The highest BCUT2D eigenvalue weighted by Crippen LogP contribution is 2.54. The van der Waals surface area contributed by atoms with Crippen molar-refractivity contribution in [3.05, 3.63) is 35.4 Å². The predicted octanol–water partition coefficient (Wildman–Crippen LogP) is 5.08. The van der Waals surface area contributed by atoms with Crippen LogP contribution in [0.5, 0.6) is 0 Å². The number of methoxy groups -OCH3 is 1. The molecule has 1 aromatic rings. The van der Waals surface area contributed by atoms with Gasteiger partial charge < -0.3 is 9.84 Å². The maximum atomic E-state index is 14.0. The van der Waals surface area contributed by atoms with Crippen LogP contribution in [0.3, 0.4) is 0 Å². The fourth-order valence-electron chi connectivity index (χ4n) is 4.49. The zero-order valence-corrected chi connectivity index (χ0v) is 16.9. The molecule has 2 atom stereocenters. The van der Waals surface area contributed by atoms with Crippen molar-refractivity contribution in [2.75, 3.05) is 7.11 Å². The van der Waals surface area contributed by atoms with E-state index in [1.165, 1.54) is 18.1 Å². The summed E-state index contributed by atoms with van der Waals surface area (Å²) in [5.74, 6) is -2.22. The van der Waals surface area contributed by atoms with Crippen LogP contribution in [0.2, 0.25) is 0 Å². The van der Waals surface area contributed by atoms with Crippen LogP contribution in [0, 0.1) is 17.0 Å². The monoisotopic (exact) mass is 397 g/mol. The lowest BCUT2D eigenvalue weighted by atomic mass is 9.67. The summed E-state index contributed by atoms with van der Waals surface area (Å²) in [6.45, 7) is 5.76. The van der Waals surface area contributed by atoms with Crippen molar-refractivity contribution in [2.45, 2.75) is 70.9 Å². The van der Waals surface area contributed by atoms with Crippen LogP contribution in [-0.2, 0) is 15.1 Å². The number of esters is 1. The lowest BCUT2D eigenvalue weighted by Gasteiger charge is -2.49. The van der Waals surface area contributed by atoms with Gasteiger partial charge >= 0.3 is 12.1 Å². The Hall–Kier alpha value is -2.18. The molecule has 0 aliphatic carbocycles. The predicted molar refractivity (Wildman–Crippen MR) is 101 cm³/mol. The molecule has 0 radical (unpaired) electrons. The molecule has 2 rings (SSSR count). The fraction of sp³-hybridized carbons (Fsp3) is 0.619. The van der Waals surface area contributed by atoms with E-state index in [1.54, 1.807) is 0 Å². The fourth-order valence-corrected chi connectivity index (χ4v) is 4.49. The van der Waals surface area contributed by atoms with Gasteiger partial charge in [0.05, 0.1) is 12.6 Å². The molecule has 1 heterocycles. The number of rotatable bonds is 6. The summed E-state index contributed by atoms with van der Waals surface area (Å²) in [6.07, 6.45) is 2.27. The van der Waals surface area contributed by atoms with Crippen LogP contribution in [0.4, 0.5) is 13.6 Å². The van der Waals surface area contributed by atoms with Gasteiger partial charge in [-0.05, 0) is 48.8 Å². The number of carboxylic acid groups (broad SMARTS) is 1. The topological polar surface area (TPSA) is 66.8 Å². The number of hydrogen-bond donors (Lipinski definition) is 1. The van der Waals surface area contributed by atoms with E-state index in [-0.39, 0.29) is 12.0 Å². The molecule has 0 bridgehead atoms. The number of benzene rings is 1. The number of ether oxygens (including phenoxy) is 1. The first kappa shape index (κ1) is 22.1. The highest BCUT2D eigenvalue weighted by molar-refractivity contribution is 5.69. The molecule has 0 aromatic heterocycles. The first-order chi connectivity index (χ1) is 13.0. The van der Waals surface area contributed by atoms with E-state index in [4.69, 9.17) is 0 Å². The smallest absolute Gasteiger partial charge is 0.408 e. The molecular formula is C21H29F2NO4. The number of nitrogens with zero attached hydrogens (tertiary/aromatic N) is 1. The highest BCUT2D eigenvalue weighted by atomic mass is 19.2. The molecule has 5 nitrogen and oxygen atoms in total. The molecule has 0 unspecified atom stereocenters. The highest BCUT2D eigenvalue weighted by Gasteiger charge is 2.56. The molecular weight excluding hydrogens is 368 g/mol. The first-order valence-electron chi connectivity index (χ1n) is 9.59. The van der Waals surface area contributed by atoms with E-state index in [9.17, 15) is 23.5 Å². The summed E-state index contributed by atoms with van der Waals surface area (Å²) in [6, 6.07) is 3.42. The second-order valence-electron chi connectivity index (χ2n) is 8.41. The Labute approximate surface area is 164 Å². The number of amides is 1. The SMILES string of the molecule is COC(=O)CCCC[C@H]1CC[C@@](c2ccc(F)c(F)c2)(C(C)(C)C)N1C(=O)O. The van der Waals surface area contributed by atoms with Crippen molar-refractivity contribution >= 4 is 12.1 Å². The number of halogens is 2. The molecule has 0 saturated carbocycles. The van der Waals surface area contributed by atoms with Gasteiger partial charge in [0, 0.05) is 12.5 Å². The second-order valence-corrected chi connectivity index (χ2v) is 8.41. The van der Waals surface area contributed by atoms with Crippen LogP contribution >= 0.6 is 0 Å². The largest absolute Gasteiger partial charge is 0.469 e. The average Bonchev–Trinajstić information content (AvgIpc) is 3.01. The molecule has 1 amide bonds. The van der Waals surface area contributed by atoms with Crippen LogP contribution in [0.15, 0.2) is 18.2 Å². The van der Waals surface area contributed by atoms with E-state index in [0.717, 1.165) is 12.1 Å². The molecule has 0 spiro atoms. The lowest BCUT2D eigenvalue weighted by molar-refractivity contribution is -0.140. The van der Waals surface area contributed by atoms with E-state index in [2.05, 4.69) is 4.74 Å². The van der Waals surface area contributed by atoms with Gasteiger partial charge in [-0.2, -0.15) is 0 Å². The summed E-state index contributed by atoms with van der Waals surface area (Å²) >= 11 is 0. The van der Waals surface area contributed by atoms with Gasteiger partial charge in [-0.1, -0.05) is 33.3 Å². The third kappa shape index (κ3) is 4.13. The van der Waals surface area contributed by atoms with Crippen LogP contribution < -0.4 is 0 Å². The Morgan fingerprint density at radius 1 is 1.25 bits per heavy atom. The van der Waals surface area contributed by atoms with Crippen LogP contribution in [0.25, 0.3) is 0 Å². The normalized spacial score (nSPS) is 22.4. The third-order valence-electron chi connectivity index (χ3n) is 5.86. The number of likely N-dealkylation sites (tertiary alicyclic amines) is 1. The zero-order valence-electron chi connectivity index (χ0n) is 16.9. The van der Waals surface area contributed by atoms with Crippen molar-refractivity contribution in [3.63, 3.8) is 0 Å². The van der Waals surface area contributed by atoms with Crippen molar-refractivity contribution < 1.29 is 28.2 Å². The van der Waals surface area contributed by atoms with E-state index < -0.39 is 28.7 Å². The van der Waals surface area contributed by atoms with E-state index >= 15 is 0 Å². The van der Waals surface area contributed by atoms with Crippen LogP contribution in [0.1, 0.15) is 64.9 Å². The maximum absolute atomic E-state index is 14.0. The van der Waals surface area contributed by atoms with Gasteiger partial charge in [0.2, 0.25) is 0 Å². The Balaban J connectivity index is 2.33. The first-order valence-corrected chi connectivity index (χ1v) is 9.59. The summed E-state index contributed by atoms with van der Waals surface area (Å²) in [5, 5.41) is 10.0. The number of carbonyl (C=O) groups is 2. The standard InChI is InChI=1S/C21H29F2NO4/c1-20(2,3)21(14-9-10-16(22)17(23)13-14)12-11-15(24(21)19(26)27)7-5-6-8-18(25)28-4/h9-10,13,15H,5-8,11-12H2,1-4H3,(H,26,27)/t15-,21+/m0/s1. The molecule has 1 N–H and O–H groups in total. The summed E-state index contributed by atoms with van der Waals surface area (Å²) in [7, 11) is 1.34. The summed E-state index contributed by atoms with van der Waals surface area (Å²) < 4.78 is 32.1. The minimum absolute atomic E-state index is 0.248. The Morgan fingerprint density at radius 2 is 1.93 bits per heavy atom. The van der Waals surface area contributed by atoms with Gasteiger partial charge in [-0.3, -0.25) is 9.69 Å². The number of hydrogen-bond acceptors (Lipinski definition) is 3. The molecule has 156 valence electrons. The molecule has 28 heavy (non-hydrogen) atoms. The Morgan fingerprint density at radius 3 is 2.46 bits per heavy atom. The van der Waals surface area contributed by atoms with Gasteiger partial charge in [0.15, 0.2) is 11.6 Å². The Bertz CT molecular complexity index is 732. The third-order valence-corrected chi connectivity index (χ3v) is 5.86. The van der Waals surface area contributed by atoms with Gasteiger partial charge in [-0.25, -0.2) is 13.6 Å². The van der Waals surface area contributed by atoms with Crippen molar-refractivity contribution in [2.24, 2.45) is 5.41 Å². The van der Waals surface area contributed by atoms with E-state index in [0.29, 0.717) is 44.1 Å². The molecule has 1 aromatic carbocycles. The van der Waals surface area contributed by atoms with Crippen molar-refractivity contribution in [3.8, 4) is 0 Å². The van der Waals surface area contributed by atoms with Gasteiger partial charge in [-0.15, -0.1) is 0 Å². The maximum Gasteiger partial charge on any atom is 0.408 e. The molecule has 1 fully saturated rings. The number of carbonyl (C=O) groups excluding carboxylic acids is 1. The molecule has 1 aliphatic heterocycles. The number of unbranched alkanes of at least 4 members (excludes halogenated alkanes) is 1. The minimum atomic E-state index is -1.07. The van der Waals surface area contributed by atoms with Crippen molar-refractivity contribution in [1.29, 1.82) is 0 Å². The zero-order chi connectivity index (χ0) is 21.1. The molecule has 1 aliphatic rings. The van der Waals surface area contributed by atoms with Gasteiger partial charge in [0.25, 0.3) is 0 Å². The molecule has 7 heteroatoms. The van der Waals surface area contributed by atoms with Crippen LogP contribution in [-0.4, -0.2) is 35.2 Å². The Kier molecular flexibility index (Phi) is 6.67. The van der Waals surface area contributed by atoms with E-state index in [1.807, 2.05) is 20.8 Å². The van der Waals surface area contributed by atoms with Gasteiger partial charge in [0.1, 0.15) is 0 Å². The summed E-state index contributed by atoms with van der Waals surface area (Å²) in [5.41, 5.74) is -1.02. The average molecular weight is 397 g/mol. The molecule has 1 saturated heterocycles. The summed E-state index contributed by atoms with van der Waals surface area (Å²) in [4.78, 5) is 25.0. The second kappa shape index (κ2) is 8.45. The minimum Gasteiger partial charge on any atom is -0.469 e. The lowest BCUT2D eigenvalue weighted by Crippen LogP contribution is -2.55.